The van der Waals surface area contributed by atoms with Gasteiger partial charge >= 0.3 is 0 Å². The predicted octanol–water partition coefficient (Wildman–Crippen LogP) is 3.48. The lowest BCUT2D eigenvalue weighted by atomic mass is 10.2. The highest BCUT2D eigenvalue weighted by atomic mass is 35.5. The fourth-order valence-electron chi connectivity index (χ4n) is 2.74. The number of nitrogens with zero attached hydrogens (tertiary/aromatic N) is 2. The second-order valence-electron chi connectivity index (χ2n) is 5.89. The molecular formula is C17H15ClN2O5S. The van der Waals surface area contributed by atoms with Crippen molar-refractivity contribution in [1.82, 2.24) is 9.46 Å². The minimum atomic E-state index is -3.84. The number of hydrogen-bond acceptors (Lipinski definition) is 6. The summed E-state index contributed by atoms with van der Waals surface area (Å²) < 4.78 is 43.5. The number of fused-ring (bicyclic) bond motifs is 1. The van der Waals surface area contributed by atoms with Crippen molar-refractivity contribution < 1.29 is 22.1 Å². The molecule has 0 N–H and O–H groups in total. The van der Waals surface area contributed by atoms with E-state index in [2.05, 4.69) is 5.16 Å². The Morgan fingerprint density at radius 3 is 2.77 bits per heavy atom. The first kappa shape index (κ1) is 17.1. The molecule has 0 unspecified atom stereocenters. The molecule has 0 spiro atoms. The standard InChI is InChI=1S/C17H15ClN2O5S/c1-11-8-16(25-19-11)15-4-5-17(24-15)26(21,22)20-6-7-23-14-3-2-13(18)9-12(14)10-20/h2-5,8-9H,6-7,10H2,1H3. The molecule has 0 saturated heterocycles. The Morgan fingerprint density at radius 1 is 1.15 bits per heavy atom. The number of furan rings is 1. The number of sulfonamides is 1. The van der Waals surface area contributed by atoms with Crippen molar-refractivity contribution in [2.75, 3.05) is 13.2 Å². The van der Waals surface area contributed by atoms with Gasteiger partial charge in [-0.3, -0.25) is 0 Å². The third kappa shape index (κ3) is 3.11. The number of halogens is 1. The molecule has 1 aliphatic rings. The maximum atomic E-state index is 13.0. The Labute approximate surface area is 155 Å². The van der Waals surface area contributed by atoms with Crippen molar-refractivity contribution in [3.8, 4) is 17.3 Å². The topological polar surface area (TPSA) is 85.8 Å². The SMILES string of the molecule is Cc1cc(-c2ccc(S(=O)(=O)N3CCOc4ccc(Cl)cc4C3)o2)on1. The molecule has 4 rings (SSSR count). The van der Waals surface area contributed by atoms with Crippen LogP contribution in [0.4, 0.5) is 0 Å². The largest absolute Gasteiger partial charge is 0.492 e. The summed E-state index contributed by atoms with van der Waals surface area (Å²) in [5, 5.41) is 4.14. The monoisotopic (exact) mass is 394 g/mol. The molecule has 0 fully saturated rings. The lowest BCUT2D eigenvalue weighted by Gasteiger charge is -2.17. The molecule has 0 amide bonds. The Kier molecular flexibility index (Phi) is 4.26. The molecule has 0 atom stereocenters. The molecule has 0 saturated carbocycles. The zero-order chi connectivity index (χ0) is 18.3. The van der Waals surface area contributed by atoms with E-state index < -0.39 is 10.0 Å². The molecule has 7 nitrogen and oxygen atoms in total. The lowest BCUT2D eigenvalue weighted by molar-refractivity contribution is 0.289. The van der Waals surface area contributed by atoms with Gasteiger partial charge in [0.1, 0.15) is 12.4 Å². The summed E-state index contributed by atoms with van der Waals surface area (Å²) in [7, 11) is -3.84. The van der Waals surface area contributed by atoms with E-state index >= 15 is 0 Å². The number of benzene rings is 1. The summed E-state index contributed by atoms with van der Waals surface area (Å²) in [5.41, 5.74) is 1.38. The molecule has 3 heterocycles. The van der Waals surface area contributed by atoms with Crippen molar-refractivity contribution >= 4 is 21.6 Å². The van der Waals surface area contributed by atoms with Gasteiger partial charge in [-0.1, -0.05) is 16.8 Å². The summed E-state index contributed by atoms with van der Waals surface area (Å²) >= 11 is 6.02. The van der Waals surface area contributed by atoms with E-state index in [-0.39, 0.29) is 24.8 Å². The van der Waals surface area contributed by atoms with Crippen molar-refractivity contribution in [1.29, 1.82) is 0 Å². The summed E-state index contributed by atoms with van der Waals surface area (Å²) in [6.45, 7) is 2.36. The third-order valence-electron chi connectivity index (χ3n) is 4.01. The number of aromatic nitrogens is 1. The second kappa shape index (κ2) is 6.46. The van der Waals surface area contributed by atoms with Crippen LogP contribution in [0.5, 0.6) is 5.75 Å². The average Bonchev–Trinajstić information content (AvgIpc) is 3.20. The molecule has 0 bridgehead atoms. The van der Waals surface area contributed by atoms with E-state index in [9.17, 15) is 8.42 Å². The third-order valence-corrected chi connectivity index (χ3v) is 5.97. The molecule has 1 aromatic carbocycles. The van der Waals surface area contributed by atoms with E-state index in [0.717, 1.165) is 0 Å². The van der Waals surface area contributed by atoms with Crippen molar-refractivity contribution in [2.45, 2.75) is 18.6 Å². The lowest BCUT2D eigenvalue weighted by Crippen LogP contribution is -2.32. The van der Waals surface area contributed by atoms with Crippen LogP contribution in [0, 0.1) is 6.92 Å². The van der Waals surface area contributed by atoms with Crippen molar-refractivity contribution in [3.63, 3.8) is 0 Å². The van der Waals surface area contributed by atoms with Gasteiger partial charge in [-0.25, -0.2) is 8.42 Å². The number of aryl methyl sites for hydroxylation is 1. The highest BCUT2D eigenvalue weighted by molar-refractivity contribution is 7.89. The van der Waals surface area contributed by atoms with E-state index in [4.69, 9.17) is 25.3 Å². The zero-order valence-corrected chi connectivity index (χ0v) is 15.4. The van der Waals surface area contributed by atoms with Crippen LogP contribution in [0.2, 0.25) is 5.02 Å². The maximum absolute atomic E-state index is 13.0. The number of hydrogen-bond donors (Lipinski definition) is 0. The molecule has 9 heteroatoms. The first-order valence-electron chi connectivity index (χ1n) is 7.88. The Morgan fingerprint density at radius 2 is 2.00 bits per heavy atom. The molecule has 3 aromatic rings. The minimum Gasteiger partial charge on any atom is -0.492 e. The fraction of sp³-hybridized carbons (Fsp3) is 0.235. The molecular weight excluding hydrogens is 380 g/mol. The second-order valence-corrected chi connectivity index (χ2v) is 8.20. The van der Waals surface area contributed by atoms with Gasteiger partial charge in [0.15, 0.2) is 5.76 Å². The highest BCUT2D eigenvalue weighted by Gasteiger charge is 2.31. The van der Waals surface area contributed by atoms with Gasteiger partial charge in [-0.2, -0.15) is 4.31 Å². The van der Waals surface area contributed by atoms with Crippen LogP contribution < -0.4 is 4.74 Å². The van der Waals surface area contributed by atoms with Gasteiger partial charge in [-0.05, 0) is 37.3 Å². The van der Waals surface area contributed by atoms with Crippen LogP contribution in [-0.2, 0) is 16.6 Å². The molecule has 0 radical (unpaired) electrons. The molecule has 0 aliphatic carbocycles. The Hall–Kier alpha value is -2.29. The first-order valence-corrected chi connectivity index (χ1v) is 9.70. The maximum Gasteiger partial charge on any atom is 0.276 e. The summed E-state index contributed by atoms with van der Waals surface area (Å²) in [6.07, 6.45) is 0. The van der Waals surface area contributed by atoms with Gasteiger partial charge in [0.25, 0.3) is 10.0 Å². The Balaban J connectivity index is 1.65. The van der Waals surface area contributed by atoms with E-state index in [0.29, 0.717) is 33.6 Å². The average molecular weight is 395 g/mol. The number of ether oxygens (including phenoxy) is 1. The number of rotatable bonds is 3. The molecule has 1 aliphatic heterocycles. The van der Waals surface area contributed by atoms with Crippen LogP contribution in [0.15, 0.2) is 50.4 Å². The van der Waals surface area contributed by atoms with Crippen LogP contribution in [0.1, 0.15) is 11.3 Å². The van der Waals surface area contributed by atoms with Crippen LogP contribution in [0.25, 0.3) is 11.5 Å². The van der Waals surface area contributed by atoms with E-state index in [1.165, 1.54) is 10.4 Å². The fourth-order valence-corrected chi connectivity index (χ4v) is 4.25. The smallest absolute Gasteiger partial charge is 0.276 e. The zero-order valence-electron chi connectivity index (χ0n) is 13.8. The molecule has 26 heavy (non-hydrogen) atoms. The van der Waals surface area contributed by atoms with E-state index in [1.54, 1.807) is 37.3 Å². The van der Waals surface area contributed by atoms with Gasteiger partial charge in [0.2, 0.25) is 10.9 Å². The predicted molar refractivity (Wildman–Crippen MR) is 93.5 cm³/mol. The Bertz CT molecular complexity index is 1060. The van der Waals surface area contributed by atoms with Gasteiger partial charge in [-0.15, -0.1) is 0 Å². The van der Waals surface area contributed by atoms with Gasteiger partial charge in [0.05, 0.1) is 5.69 Å². The van der Waals surface area contributed by atoms with Gasteiger partial charge in [0, 0.05) is 29.7 Å². The van der Waals surface area contributed by atoms with Crippen LogP contribution >= 0.6 is 11.6 Å². The first-order chi connectivity index (χ1) is 12.4. The van der Waals surface area contributed by atoms with Crippen molar-refractivity contribution in [3.05, 3.63) is 52.7 Å². The molecule has 136 valence electrons. The quantitative estimate of drug-likeness (QED) is 0.676. The minimum absolute atomic E-state index is 0.148. The summed E-state index contributed by atoms with van der Waals surface area (Å²) in [6, 6.07) is 9.79. The van der Waals surface area contributed by atoms with Gasteiger partial charge < -0.3 is 13.7 Å². The van der Waals surface area contributed by atoms with Crippen LogP contribution in [-0.4, -0.2) is 31.0 Å². The molecule has 2 aromatic heterocycles. The normalized spacial score (nSPS) is 15.3. The van der Waals surface area contributed by atoms with Crippen molar-refractivity contribution in [2.24, 2.45) is 0 Å². The summed E-state index contributed by atoms with van der Waals surface area (Å²) in [4.78, 5) is 0. The van der Waals surface area contributed by atoms with Crippen LogP contribution in [0.3, 0.4) is 0 Å². The highest BCUT2D eigenvalue weighted by Crippen LogP contribution is 2.31. The van der Waals surface area contributed by atoms with E-state index in [1.807, 2.05) is 0 Å². The summed E-state index contributed by atoms with van der Waals surface area (Å²) in [5.74, 6) is 1.31.